The van der Waals surface area contributed by atoms with Crippen LogP contribution in [0.25, 0.3) is 11.2 Å². The Balaban J connectivity index is 0.000000616. The molecule has 4 rings (SSSR count). The normalized spacial score (nSPS) is 25.5. The van der Waals surface area contributed by atoms with Gasteiger partial charge in [0, 0.05) is 13.0 Å². The third-order valence-corrected chi connectivity index (χ3v) is 6.78. The number of aliphatic hydroxyl groups excluding tert-OH is 2. The van der Waals surface area contributed by atoms with Crippen LogP contribution >= 0.6 is 0 Å². The number of imidazole rings is 1. The number of carbonyl (C=O) groups is 3. The fourth-order valence-electron chi connectivity index (χ4n) is 4.60. The standard InChI is InChI=1S/C23H30N6O6.C2HF3O2/c1-3-25-21(32)18-16(30)17(31)22(35-18)29-11-26-15-19(24)27-14(28-20(15)29)6-4-5-12-7-9-13(10-8-12)23(33)34-2;3-2(4,5)1(6)7/h11-13,16-18,22,30-31H,3,5,7-10H2,1-2H3,(H,25,32)(H2,24,27,28);(H,6,7)/t12?,13?,16-,17+,18-,22+;/m0./s1. The van der Waals surface area contributed by atoms with Crippen LogP contribution in [-0.4, -0.2) is 90.8 Å². The fourth-order valence-corrected chi connectivity index (χ4v) is 4.60. The Morgan fingerprint density at radius 3 is 2.40 bits per heavy atom. The number of ether oxygens (including phenoxy) is 2. The first kappa shape index (κ1) is 32.5. The lowest BCUT2D eigenvalue weighted by molar-refractivity contribution is -0.192. The van der Waals surface area contributed by atoms with Crippen LogP contribution in [0.2, 0.25) is 0 Å². The van der Waals surface area contributed by atoms with E-state index in [1.165, 1.54) is 18.0 Å². The molecule has 2 aromatic heterocycles. The quantitative estimate of drug-likeness (QED) is 0.235. The van der Waals surface area contributed by atoms with Gasteiger partial charge >= 0.3 is 18.1 Å². The van der Waals surface area contributed by atoms with Gasteiger partial charge in [0.25, 0.3) is 5.91 Å². The van der Waals surface area contributed by atoms with Crippen molar-refractivity contribution in [3.63, 3.8) is 0 Å². The van der Waals surface area contributed by atoms with E-state index in [4.69, 9.17) is 25.1 Å². The number of hydrogen-bond donors (Lipinski definition) is 5. The van der Waals surface area contributed by atoms with Crippen molar-refractivity contribution in [3.05, 3.63) is 12.2 Å². The number of carboxylic acid groups (broad SMARTS) is 1. The van der Waals surface area contributed by atoms with Gasteiger partial charge in [-0.25, -0.2) is 19.7 Å². The Hall–Kier alpha value is -4.01. The van der Waals surface area contributed by atoms with E-state index >= 15 is 0 Å². The maximum absolute atomic E-state index is 12.2. The molecule has 4 atom stereocenters. The van der Waals surface area contributed by atoms with Gasteiger partial charge in [-0.1, -0.05) is 5.92 Å². The van der Waals surface area contributed by atoms with Crippen molar-refractivity contribution in [2.75, 3.05) is 19.4 Å². The number of nitrogens with one attached hydrogen (secondary N) is 1. The zero-order valence-electron chi connectivity index (χ0n) is 22.7. The predicted octanol–water partition coefficient (Wildman–Crippen LogP) is 0.518. The number of methoxy groups -OCH3 is 1. The van der Waals surface area contributed by atoms with E-state index in [1.54, 1.807) is 6.92 Å². The Morgan fingerprint density at radius 1 is 1.19 bits per heavy atom. The maximum atomic E-state index is 12.2. The van der Waals surface area contributed by atoms with E-state index in [0.29, 0.717) is 24.4 Å². The topological polar surface area (TPSA) is 212 Å². The van der Waals surface area contributed by atoms with Crippen LogP contribution in [0.15, 0.2) is 6.33 Å². The molecule has 14 nitrogen and oxygen atoms in total. The zero-order chi connectivity index (χ0) is 31.2. The number of amides is 1. The number of fused-ring (bicyclic) bond motifs is 1. The molecule has 17 heteroatoms. The number of nitrogens with two attached hydrogens (primary N) is 1. The third-order valence-electron chi connectivity index (χ3n) is 6.78. The molecule has 2 aliphatic rings. The van der Waals surface area contributed by atoms with Crippen LogP contribution in [0.1, 0.15) is 51.1 Å². The minimum Gasteiger partial charge on any atom is -0.475 e. The Labute approximate surface area is 237 Å². The molecule has 1 saturated carbocycles. The lowest BCUT2D eigenvalue weighted by Gasteiger charge is -2.25. The Kier molecular flexibility index (Phi) is 10.7. The molecule has 3 heterocycles. The molecule has 0 spiro atoms. The molecule has 42 heavy (non-hydrogen) atoms. The SMILES string of the molecule is CCNC(=O)[C@H]1O[C@@H](n2cnc3c(N)nc(C#CCC4CCC(C(=O)OC)CC4)nc32)[C@H](O)[C@@H]1O.O=C(O)C(F)(F)F. The van der Waals surface area contributed by atoms with E-state index in [9.17, 15) is 33.0 Å². The number of nitrogen functional groups attached to an aromatic ring is 1. The highest BCUT2D eigenvalue weighted by Crippen LogP contribution is 2.33. The largest absolute Gasteiger partial charge is 0.490 e. The average molecular weight is 601 g/mol. The molecule has 0 unspecified atom stereocenters. The first-order valence-corrected chi connectivity index (χ1v) is 12.9. The summed E-state index contributed by atoms with van der Waals surface area (Å²) in [6.07, 6.45) is -4.83. The zero-order valence-corrected chi connectivity index (χ0v) is 22.7. The van der Waals surface area contributed by atoms with Crippen LogP contribution in [0.4, 0.5) is 19.0 Å². The lowest BCUT2D eigenvalue weighted by Crippen LogP contribution is -2.42. The summed E-state index contributed by atoms with van der Waals surface area (Å²) in [5.74, 6) is 3.27. The Morgan fingerprint density at radius 2 is 1.83 bits per heavy atom. The second kappa shape index (κ2) is 13.8. The number of aliphatic carboxylic acids is 1. The third kappa shape index (κ3) is 7.63. The summed E-state index contributed by atoms with van der Waals surface area (Å²) in [7, 11) is 1.41. The summed E-state index contributed by atoms with van der Waals surface area (Å²) < 4.78 is 43.7. The molecule has 1 saturated heterocycles. The molecular weight excluding hydrogens is 569 g/mol. The number of carboxylic acids is 1. The van der Waals surface area contributed by atoms with E-state index < -0.39 is 42.6 Å². The van der Waals surface area contributed by atoms with Crippen LogP contribution < -0.4 is 11.1 Å². The van der Waals surface area contributed by atoms with Crippen LogP contribution in [0.5, 0.6) is 0 Å². The molecule has 1 aliphatic carbocycles. The van der Waals surface area contributed by atoms with Crippen LogP contribution in [-0.2, 0) is 23.9 Å². The monoisotopic (exact) mass is 600 g/mol. The van der Waals surface area contributed by atoms with Gasteiger partial charge in [0.05, 0.1) is 19.4 Å². The van der Waals surface area contributed by atoms with E-state index in [2.05, 4.69) is 32.1 Å². The van der Waals surface area contributed by atoms with Gasteiger partial charge in [-0.15, -0.1) is 0 Å². The molecule has 2 fully saturated rings. The lowest BCUT2D eigenvalue weighted by atomic mass is 9.81. The van der Waals surface area contributed by atoms with Crippen LogP contribution in [0, 0.1) is 23.7 Å². The number of nitrogens with zero attached hydrogens (tertiary/aromatic N) is 4. The molecular formula is C25H31F3N6O8. The molecule has 6 N–H and O–H groups in total. The average Bonchev–Trinajstić information content (AvgIpc) is 3.49. The van der Waals surface area contributed by atoms with Gasteiger partial charge in [-0.05, 0) is 44.4 Å². The van der Waals surface area contributed by atoms with Crippen molar-refractivity contribution in [1.29, 1.82) is 0 Å². The van der Waals surface area contributed by atoms with Gasteiger partial charge in [0.1, 0.15) is 17.7 Å². The number of esters is 1. The first-order chi connectivity index (χ1) is 19.8. The number of aromatic nitrogens is 4. The maximum Gasteiger partial charge on any atom is 0.490 e. The molecule has 1 aliphatic heterocycles. The van der Waals surface area contributed by atoms with Gasteiger partial charge in [-0.3, -0.25) is 14.2 Å². The number of likely N-dealkylation sites (N-methyl/N-ethyl adjacent to an activating group) is 1. The van der Waals surface area contributed by atoms with Crippen molar-refractivity contribution in [2.45, 2.75) is 69.7 Å². The first-order valence-electron chi connectivity index (χ1n) is 12.9. The fraction of sp³-hybridized carbons (Fsp3) is 0.600. The Bertz CT molecular complexity index is 1350. The number of hydrogen-bond acceptors (Lipinski definition) is 11. The predicted molar refractivity (Wildman–Crippen MR) is 137 cm³/mol. The molecule has 0 aromatic carbocycles. The number of alkyl halides is 3. The number of carbonyl (C=O) groups excluding carboxylic acids is 2. The number of anilines is 1. The molecule has 0 bridgehead atoms. The van der Waals surface area contributed by atoms with Crippen molar-refractivity contribution in [3.8, 4) is 11.8 Å². The van der Waals surface area contributed by atoms with Gasteiger partial charge < -0.3 is 35.8 Å². The highest BCUT2D eigenvalue weighted by atomic mass is 19.4. The van der Waals surface area contributed by atoms with E-state index in [-0.39, 0.29) is 29.2 Å². The smallest absolute Gasteiger partial charge is 0.475 e. The minimum atomic E-state index is -5.08. The van der Waals surface area contributed by atoms with Crippen LogP contribution in [0.3, 0.4) is 0 Å². The molecule has 1 amide bonds. The second-order valence-corrected chi connectivity index (χ2v) is 9.63. The summed E-state index contributed by atoms with van der Waals surface area (Å²) in [6.45, 7) is 2.10. The van der Waals surface area contributed by atoms with E-state index in [0.717, 1.165) is 25.7 Å². The van der Waals surface area contributed by atoms with Gasteiger partial charge in [0.2, 0.25) is 5.82 Å². The molecule has 0 radical (unpaired) electrons. The summed E-state index contributed by atoms with van der Waals surface area (Å²) in [6, 6.07) is 0. The number of rotatable bonds is 5. The molecule has 2 aromatic rings. The van der Waals surface area contributed by atoms with Gasteiger partial charge in [-0.2, -0.15) is 13.2 Å². The van der Waals surface area contributed by atoms with Crippen molar-refractivity contribution >= 4 is 34.8 Å². The summed E-state index contributed by atoms with van der Waals surface area (Å²) in [5, 5.41) is 30.6. The van der Waals surface area contributed by atoms with Gasteiger partial charge in [0.15, 0.2) is 23.8 Å². The minimum absolute atomic E-state index is 0.0330. The number of halogens is 3. The second-order valence-electron chi connectivity index (χ2n) is 9.63. The van der Waals surface area contributed by atoms with Crippen molar-refractivity contribution in [2.24, 2.45) is 11.8 Å². The van der Waals surface area contributed by atoms with E-state index in [1.807, 2.05) is 0 Å². The molecule has 230 valence electrons. The summed E-state index contributed by atoms with van der Waals surface area (Å²) in [4.78, 5) is 45.6. The number of aliphatic hydroxyl groups is 2. The van der Waals surface area contributed by atoms with Crippen molar-refractivity contribution < 1.29 is 52.3 Å². The highest BCUT2D eigenvalue weighted by molar-refractivity contribution is 5.83. The summed E-state index contributed by atoms with van der Waals surface area (Å²) >= 11 is 0. The van der Waals surface area contributed by atoms with Crippen molar-refractivity contribution in [1.82, 2.24) is 24.8 Å². The summed E-state index contributed by atoms with van der Waals surface area (Å²) in [5.41, 5.74) is 6.63. The highest BCUT2D eigenvalue weighted by Gasteiger charge is 2.47.